The Labute approximate surface area is 196 Å². The molecule has 0 bridgehead atoms. The summed E-state index contributed by atoms with van der Waals surface area (Å²) in [6.07, 6.45) is -4.24. The first-order valence-corrected chi connectivity index (χ1v) is 14.2. The van der Waals surface area contributed by atoms with Crippen LogP contribution in [0.1, 0.15) is 48.7 Å². The van der Waals surface area contributed by atoms with Crippen molar-refractivity contribution in [1.29, 1.82) is 0 Å². The van der Waals surface area contributed by atoms with Gasteiger partial charge in [0.15, 0.2) is 0 Å². The van der Waals surface area contributed by atoms with Crippen molar-refractivity contribution in [2.45, 2.75) is 65.3 Å². The largest absolute Gasteiger partial charge is 0.497 e. The summed E-state index contributed by atoms with van der Waals surface area (Å²) in [5, 5.41) is 0.661. The number of halogens is 3. The molecular weight excluding hydrogens is 439 g/mol. The molecule has 0 aliphatic heterocycles. The minimum atomic E-state index is -4.44. The van der Waals surface area contributed by atoms with Crippen molar-refractivity contribution < 1.29 is 17.9 Å². The first-order chi connectivity index (χ1) is 15.2. The first-order valence-electron chi connectivity index (χ1n) is 11.2. The first kappa shape index (κ1) is 25.2. The van der Waals surface area contributed by atoms with E-state index in [0.29, 0.717) is 11.4 Å². The van der Waals surface area contributed by atoms with Crippen LogP contribution in [0.3, 0.4) is 0 Å². The minimum Gasteiger partial charge on any atom is -0.497 e. The van der Waals surface area contributed by atoms with Gasteiger partial charge >= 0.3 is 6.18 Å². The van der Waals surface area contributed by atoms with Crippen LogP contribution in [0.15, 0.2) is 48.5 Å². The number of benzene rings is 2. The molecule has 0 N–H and O–H groups in total. The zero-order valence-corrected chi connectivity index (χ0v) is 21.8. The van der Waals surface area contributed by atoms with Crippen LogP contribution in [0.2, 0.25) is 18.1 Å². The second-order valence-electron chi connectivity index (χ2n) is 10.4. The quantitative estimate of drug-likeness (QED) is 0.352. The van der Waals surface area contributed by atoms with E-state index in [1.807, 2.05) is 60.9 Å². The smallest absolute Gasteiger partial charge is 0.418 e. The van der Waals surface area contributed by atoms with Crippen molar-refractivity contribution in [2.75, 3.05) is 7.11 Å². The lowest BCUT2D eigenvalue weighted by molar-refractivity contribution is -0.138. The van der Waals surface area contributed by atoms with Gasteiger partial charge in [0.1, 0.15) is 13.8 Å². The molecule has 6 heteroatoms. The Morgan fingerprint density at radius 3 is 1.91 bits per heavy atom. The third-order valence-electron chi connectivity index (χ3n) is 7.06. The Balaban J connectivity index is 2.46. The molecule has 0 saturated heterocycles. The highest BCUT2D eigenvalue weighted by Crippen LogP contribution is 2.41. The van der Waals surface area contributed by atoms with Crippen molar-refractivity contribution in [2.24, 2.45) is 0 Å². The number of hydrogen-bond acceptors (Lipinski definition) is 1. The average molecular weight is 474 g/mol. The van der Waals surface area contributed by atoms with E-state index in [2.05, 4.69) is 33.9 Å². The molecule has 2 nitrogen and oxygen atoms in total. The van der Waals surface area contributed by atoms with Gasteiger partial charge in [0, 0.05) is 17.4 Å². The lowest BCUT2D eigenvalue weighted by atomic mass is 10.0. The molecule has 3 aromatic rings. The fourth-order valence-electron chi connectivity index (χ4n) is 4.25. The SMILES string of the molecule is COc1cc(C)c(-n2c([Si](C)(C)C(C)(C)C)cc(C(F)(F)F)c2Cc2ccccc2)c(C)c1. The summed E-state index contributed by atoms with van der Waals surface area (Å²) >= 11 is 0. The van der Waals surface area contributed by atoms with Gasteiger partial charge in [-0.2, -0.15) is 13.2 Å². The number of aryl methyl sites for hydroxylation is 2. The van der Waals surface area contributed by atoms with Gasteiger partial charge in [0.2, 0.25) is 0 Å². The topological polar surface area (TPSA) is 14.2 Å². The van der Waals surface area contributed by atoms with E-state index in [4.69, 9.17) is 4.74 Å². The summed E-state index contributed by atoms with van der Waals surface area (Å²) in [6.45, 7) is 14.6. The molecule has 1 aromatic heterocycles. The van der Waals surface area contributed by atoms with Crippen molar-refractivity contribution in [3.05, 3.63) is 76.5 Å². The van der Waals surface area contributed by atoms with Crippen LogP contribution in [0, 0.1) is 13.8 Å². The van der Waals surface area contributed by atoms with Crippen LogP contribution in [-0.4, -0.2) is 19.8 Å². The maximum Gasteiger partial charge on any atom is 0.418 e. The molecule has 0 unspecified atom stereocenters. The van der Waals surface area contributed by atoms with E-state index in [0.717, 1.165) is 27.7 Å². The van der Waals surface area contributed by atoms with E-state index in [-0.39, 0.29) is 11.5 Å². The van der Waals surface area contributed by atoms with Gasteiger partial charge < -0.3 is 9.30 Å². The minimum absolute atomic E-state index is 0.135. The Kier molecular flexibility index (Phi) is 6.64. The summed E-state index contributed by atoms with van der Waals surface area (Å²) in [4.78, 5) is 0. The van der Waals surface area contributed by atoms with Crippen LogP contribution in [0.5, 0.6) is 5.75 Å². The number of nitrogens with zero attached hydrogens (tertiary/aromatic N) is 1. The number of alkyl halides is 3. The van der Waals surface area contributed by atoms with Crippen LogP contribution in [-0.2, 0) is 12.6 Å². The van der Waals surface area contributed by atoms with E-state index in [1.165, 1.54) is 6.07 Å². The van der Waals surface area contributed by atoms with Crippen molar-refractivity contribution in [3.8, 4) is 11.4 Å². The Hall–Kier alpha value is -2.47. The highest BCUT2D eigenvalue weighted by atomic mass is 28.3. The van der Waals surface area contributed by atoms with Gasteiger partial charge in [0.25, 0.3) is 0 Å². The van der Waals surface area contributed by atoms with Crippen LogP contribution >= 0.6 is 0 Å². The third-order valence-corrected chi connectivity index (χ3v) is 12.5. The molecule has 0 fully saturated rings. The maximum atomic E-state index is 14.4. The van der Waals surface area contributed by atoms with Crippen LogP contribution in [0.4, 0.5) is 13.2 Å². The summed E-state index contributed by atoms with van der Waals surface area (Å²) in [5.41, 5.74) is 3.21. The number of hydrogen-bond donors (Lipinski definition) is 0. The molecule has 0 aliphatic carbocycles. The van der Waals surface area contributed by atoms with E-state index in [9.17, 15) is 13.2 Å². The van der Waals surface area contributed by atoms with Crippen LogP contribution in [0.25, 0.3) is 5.69 Å². The monoisotopic (exact) mass is 473 g/mol. The van der Waals surface area contributed by atoms with Crippen LogP contribution < -0.4 is 10.1 Å². The molecule has 0 spiro atoms. The Bertz CT molecular complexity index is 1120. The van der Waals surface area contributed by atoms with E-state index in [1.54, 1.807) is 7.11 Å². The van der Waals surface area contributed by atoms with Gasteiger partial charge in [0.05, 0.1) is 18.4 Å². The zero-order chi connectivity index (χ0) is 24.8. The summed E-state index contributed by atoms with van der Waals surface area (Å²) in [7, 11) is -0.747. The predicted molar refractivity (Wildman–Crippen MR) is 133 cm³/mol. The van der Waals surface area contributed by atoms with Gasteiger partial charge in [-0.25, -0.2) is 0 Å². The van der Waals surface area contributed by atoms with Crippen molar-refractivity contribution in [3.63, 3.8) is 0 Å². The number of aromatic nitrogens is 1. The molecule has 0 atom stereocenters. The lowest BCUT2D eigenvalue weighted by Gasteiger charge is -2.38. The zero-order valence-electron chi connectivity index (χ0n) is 20.8. The maximum absolute atomic E-state index is 14.4. The van der Waals surface area contributed by atoms with Crippen molar-refractivity contribution >= 4 is 13.4 Å². The molecule has 2 aromatic carbocycles. The summed E-state index contributed by atoms with van der Waals surface area (Å²) in [5.74, 6) is 0.704. The molecule has 0 radical (unpaired) electrons. The van der Waals surface area contributed by atoms with Gasteiger partial charge in [-0.15, -0.1) is 0 Å². The predicted octanol–water partition coefficient (Wildman–Crippen LogP) is 7.43. The second kappa shape index (κ2) is 8.71. The number of rotatable bonds is 5. The van der Waals surface area contributed by atoms with Gasteiger partial charge in [-0.1, -0.05) is 64.2 Å². The lowest BCUT2D eigenvalue weighted by Crippen LogP contribution is -2.52. The Morgan fingerprint density at radius 2 is 1.45 bits per heavy atom. The fraction of sp³-hybridized carbons (Fsp3) is 0.407. The fourth-order valence-corrected chi connectivity index (χ4v) is 6.33. The second-order valence-corrected chi connectivity index (χ2v) is 15.6. The standard InChI is InChI=1S/C27H34F3NOSi/c1-18-14-21(32-6)15-19(2)25(18)31-23(16-20-12-10-9-11-13-20)22(27(28,29)30)17-24(31)33(7,8)26(3,4)5/h9-15,17H,16H2,1-8H3. The number of ether oxygens (including phenoxy) is 1. The molecule has 1 heterocycles. The van der Waals surface area contributed by atoms with Gasteiger partial charge in [-0.3, -0.25) is 0 Å². The van der Waals surface area contributed by atoms with Crippen molar-refractivity contribution in [1.82, 2.24) is 4.57 Å². The highest BCUT2D eigenvalue weighted by Gasteiger charge is 2.44. The summed E-state index contributed by atoms with van der Waals surface area (Å²) in [6, 6.07) is 14.6. The Morgan fingerprint density at radius 1 is 0.909 bits per heavy atom. The molecular formula is C27H34F3NOSi. The molecule has 178 valence electrons. The number of methoxy groups -OCH3 is 1. The normalized spacial score (nSPS) is 12.8. The van der Waals surface area contributed by atoms with E-state index >= 15 is 0 Å². The highest BCUT2D eigenvalue weighted by molar-refractivity contribution is 6.91. The van der Waals surface area contributed by atoms with Gasteiger partial charge in [-0.05, 0) is 53.8 Å². The third kappa shape index (κ3) is 4.76. The molecule has 3 rings (SSSR count). The molecule has 0 aliphatic rings. The average Bonchev–Trinajstić information content (AvgIpc) is 3.07. The molecule has 33 heavy (non-hydrogen) atoms. The molecule has 0 amide bonds. The molecule has 0 saturated carbocycles. The van der Waals surface area contributed by atoms with E-state index < -0.39 is 19.8 Å². The summed E-state index contributed by atoms with van der Waals surface area (Å²) < 4.78 is 50.7.